The van der Waals surface area contributed by atoms with Gasteiger partial charge >= 0.3 is 0 Å². The van der Waals surface area contributed by atoms with E-state index in [1.165, 1.54) is 0 Å². The van der Waals surface area contributed by atoms with Crippen molar-refractivity contribution in [3.8, 4) is 5.88 Å². The van der Waals surface area contributed by atoms with Crippen LogP contribution in [0.1, 0.15) is 10.4 Å². The Labute approximate surface area is 108 Å². The summed E-state index contributed by atoms with van der Waals surface area (Å²) in [5, 5.41) is 10.5. The lowest BCUT2D eigenvalue weighted by Crippen LogP contribution is -2.15. The number of hydrogen-bond acceptors (Lipinski definition) is 4. The topological polar surface area (TPSA) is 42.2 Å². The van der Waals surface area contributed by atoms with Gasteiger partial charge in [-0.2, -0.15) is 0 Å². The SMILES string of the molecule is O=C(c1c(F)cc(F)cc1F)n1c(O)csc1=S. The molecule has 0 unspecified atom stereocenters. The molecule has 1 aromatic carbocycles. The molecule has 0 bridgehead atoms. The van der Waals surface area contributed by atoms with E-state index in [1.54, 1.807) is 0 Å². The molecule has 8 heteroatoms. The molecule has 18 heavy (non-hydrogen) atoms. The van der Waals surface area contributed by atoms with Gasteiger partial charge in [0.2, 0.25) is 5.88 Å². The third kappa shape index (κ3) is 2.04. The summed E-state index contributed by atoms with van der Waals surface area (Å²) in [4.78, 5) is 11.8. The predicted molar refractivity (Wildman–Crippen MR) is 60.9 cm³/mol. The van der Waals surface area contributed by atoms with E-state index >= 15 is 0 Å². The molecule has 0 saturated carbocycles. The molecular formula is C10H4F3NO2S2. The first-order valence-corrected chi connectivity index (χ1v) is 5.79. The van der Waals surface area contributed by atoms with Crippen LogP contribution in [0.2, 0.25) is 0 Å². The molecule has 0 aliphatic rings. The fourth-order valence-corrected chi connectivity index (χ4v) is 2.26. The van der Waals surface area contributed by atoms with Gasteiger partial charge in [-0.3, -0.25) is 4.79 Å². The molecule has 0 radical (unpaired) electrons. The van der Waals surface area contributed by atoms with Crippen molar-refractivity contribution >= 4 is 29.5 Å². The maximum atomic E-state index is 13.4. The number of halogens is 3. The standard InChI is InChI=1S/C10H4F3NO2S2/c11-4-1-5(12)8(6(13)2-4)9(16)14-7(15)3-18-10(14)17/h1-3,15H. The van der Waals surface area contributed by atoms with Crippen molar-refractivity contribution in [2.45, 2.75) is 0 Å². The van der Waals surface area contributed by atoms with Gasteiger partial charge in [-0.1, -0.05) is 0 Å². The molecule has 1 heterocycles. The minimum Gasteiger partial charge on any atom is -0.494 e. The van der Waals surface area contributed by atoms with E-state index < -0.39 is 34.8 Å². The van der Waals surface area contributed by atoms with Crippen LogP contribution in [0.4, 0.5) is 13.2 Å². The van der Waals surface area contributed by atoms with Crippen LogP contribution in [-0.4, -0.2) is 15.6 Å². The van der Waals surface area contributed by atoms with E-state index in [9.17, 15) is 23.1 Å². The molecule has 0 fully saturated rings. The molecule has 1 aromatic heterocycles. The molecule has 0 aliphatic heterocycles. The Morgan fingerprint density at radius 2 is 1.83 bits per heavy atom. The number of carbonyl (C=O) groups excluding carboxylic acids is 1. The summed E-state index contributed by atoms with van der Waals surface area (Å²) in [6.45, 7) is 0. The van der Waals surface area contributed by atoms with Crippen LogP contribution in [-0.2, 0) is 0 Å². The van der Waals surface area contributed by atoms with Crippen LogP contribution in [0.15, 0.2) is 17.5 Å². The third-order valence-electron chi connectivity index (χ3n) is 2.10. The van der Waals surface area contributed by atoms with Crippen LogP contribution < -0.4 is 0 Å². The quantitative estimate of drug-likeness (QED) is 0.821. The van der Waals surface area contributed by atoms with Crippen molar-refractivity contribution in [2.75, 3.05) is 0 Å². The van der Waals surface area contributed by atoms with Gasteiger partial charge in [0, 0.05) is 12.1 Å². The summed E-state index contributed by atoms with van der Waals surface area (Å²) < 4.78 is 40.0. The van der Waals surface area contributed by atoms with Gasteiger partial charge in [-0.15, -0.1) is 11.3 Å². The van der Waals surface area contributed by atoms with Gasteiger partial charge in [0.05, 0.1) is 5.38 Å². The van der Waals surface area contributed by atoms with E-state index in [0.717, 1.165) is 16.7 Å². The lowest BCUT2D eigenvalue weighted by molar-refractivity contribution is 0.0942. The maximum Gasteiger partial charge on any atom is 0.272 e. The number of benzene rings is 1. The molecule has 3 nitrogen and oxygen atoms in total. The van der Waals surface area contributed by atoms with Crippen molar-refractivity contribution in [1.82, 2.24) is 4.57 Å². The summed E-state index contributed by atoms with van der Waals surface area (Å²) in [7, 11) is 0. The van der Waals surface area contributed by atoms with Gasteiger partial charge < -0.3 is 5.11 Å². The molecule has 94 valence electrons. The summed E-state index contributed by atoms with van der Waals surface area (Å²) >= 11 is 5.60. The zero-order valence-electron chi connectivity index (χ0n) is 8.49. The largest absolute Gasteiger partial charge is 0.494 e. The Bertz CT molecular complexity index is 670. The summed E-state index contributed by atoms with van der Waals surface area (Å²) in [5.41, 5.74) is -0.971. The summed E-state index contributed by atoms with van der Waals surface area (Å²) in [6, 6.07) is 0.757. The Morgan fingerprint density at radius 3 is 2.28 bits per heavy atom. The van der Waals surface area contributed by atoms with Crippen LogP contribution in [0.25, 0.3) is 0 Å². The normalized spacial score (nSPS) is 10.6. The fourth-order valence-electron chi connectivity index (χ4n) is 1.35. The van der Waals surface area contributed by atoms with Gasteiger partial charge in [-0.25, -0.2) is 17.7 Å². The predicted octanol–water partition coefficient (Wildman–Crippen LogP) is 3.09. The molecule has 0 saturated heterocycles. The highest BCUT2D eigenvalue weighted by Gasteiger charge is 2.23. The first-order valence-electron chi connectivity index (χ1n) is 4.50. The minimum atomic E-state index is -1.36. The Balaban J connectivity index is 2.64. The van der Waals surface area contributed by atoms with Crippen LogP contribution in [0.3, 0.4) is 0 Å². The maximum absolute atomic E-state index is 13.4. The van der Waals surface area contributed by atoms with Crippen molar-refractivity contribution in [2.24, 2.45) is 0 Å². The van der Waals surface area contributed by atoms with Gasteiger partial charge in [-0.05, 0) is 12.2 Å². The van der Waals surface area contributed by atoms with Crippen LogP contribution >= 0.6 is 23.6 Å². The van der Waals surface area contributed by atoms with Gasteiger partial charge in [0.25, 0.3) is 5.91 Å². The smallest absolute Gasteiger partial charge is 0.272 e. The second kappa shape index (κ2) is 4.54. The molecule has 0 spiro atoms. The lowest BCUT2D eigenvalue weighted by Gasteiger charge is -2.05. The Hall–Kier alpha value is -1.67. The lowest BCUT2D eigenvalue weighted by atomic mass is 10.2. The first-order chi connectivity index (χ1) is 8.41. The highest BCUT2D eigenvalue weighted by atomic mass is 32.1. The zero-order chi connectivity index (χ0) is 13.4. The van der Waals surface area contributed by atoms with Crippen molar-refractivity contribution < 1.29 is 23.1 Å². The second-order valence-corrected chi connectivity index (χ2v) is 4.75. The number of rotatable bonds is 1. The van der Waals surface area contributed by atoms with E-state index in [4.69, 9.17) is 12.2 Å². The highest BCUT2D eigenvalue weighted by Crippen LogP contribution is 2.22. The Kier molecular flexibility index (Phi) is 3.22. The van der Waals surface area contributed by atoms with Crippen LogP contribution in [0, 0.1) is 21.4 Å². The molecule has 0 amide bonds. The van der Waals surface area contributed by atoms with Crippen molar-refractivity contribution in [1.29, 1.82) is 0 Å². The zero-order valence-corrected chi connectivity index (χ0v) is 10.1. The molecule has 0 atom stereocenters. The highest BCUT2D eigenvalue weighted by molar-refractivity contribution is 7.73. The number of aromatic nitrogens is 1. The Morgan fingerprint density at radius 1 is 1.28 bits per heavy atom. The average molecular weight is 291 g/mol. The monoisotopic (exact) mass is 291 g/mol. The van der Waals surface area contributed by atoms with E-state index in [1.807, 2.05) is 0 Å². The molecule has 2 rings (SSSR count). The number of nitrogens with zero attached hydrogens (tertiary/aromatic N) is 1. The number of thiazole rings is 1. The molecule has 0 aliphatic carbocycles. The van der Waals surface area contributed by atoms with Crippen molar-refractivity contribution in [3.05, 3.63) is 44.5 Å². The summed E-state index contributed by atoms with van der Waals surface area (Å²) in [6.07, 6.45) is 0. The average Bonchev–Trinajstić information content (AvgIpc) is 2.56. The molecule has 2 aromatic rings. The first kappa shape index (κ1) is 12.8. The van der Waals surface area contributed by atoms with E-state index in [2.05, 4.69) is 0 Å². The van der Waals surface area contributed by atoms with Crippen molar-refractivity contribution in [3.63, 3.8) is 0 Å². The number of aromatic hydroxyl groups is 1. The van der Waals surface area contributed by atoms with E-state index in [-0.39, 0.29) is 3.95 Å². The minimum absolute atomic E-state index is 0.0689. The third-order valence-corrected chi connectivity index (χ3v) is 3.28. The van der Waals surface area contributed by atoms with Crippen LogP contribution in [0.5, 0.6) is 5.88 Å². The molecule has 1 N–H and O–H groups in total. The molecular weight excluding hydrogens is 287 g/mol. The fraction of sp³-hybridized carbons (Fsp3) is 0. The summed E-state index contributed by atoms with van der Waals surface area (Å²) in [5.74, 6) is -5.57. The van der Waals surface area contributed by atoms with Gasteiger partial charge in [0.15, 0.2) is 3.95 Å². The second-order valence-electron chi connectivity index (χ2n) is 3.24. The van der Waals surface area contributed by atoms with Gasteiger partial charge in [0.1, 0.15) is 23.0 Å². The number of carbonyl (C=O) groups is 1. The number of hydrogen-bond donors (Lipinski definition) is 1. The van der Waals surface area contributed by atoms with E-state index in [0.29, 0.717) is 16.7 Å².